The van der Waals surface area contributed by atoms with Crippen molar-refractivity contribution in [2.24, 2.45) is 0 Å². The van der Waals surface area contributed by atoms with Crippen molar-refractivity contribution in [3.63, 3.8) is 0 Å². The summed E-state index contributed by atoms with van der Waals surface area (Å²) < 4.78 is 32.6. The Morgan fingerprint density at radius 1 is 1.16 bits per heavy atom. The zero-order chi connectivity index (χ0) is 18.4. The molecule has 0 unspecified atom stereocenters. The SMILES string of the molecule is CCNC(=O)c1cc(S(=O)(=O)NCc2ccc(Cl)cc2)ccc1OC. The van der Waals surface area contributed by atoms with Crippen LogP contribution in [0.4, 0.5) is 0 Å². The van der Waals surface area contributed by atoms with E-state index < -0.39 is 15.9 Å². The van der Waals surface area contributed by atoms with Crippen molar-refractivity contribution in [2.75, 3.05) is 13.7 Å². The summed E-state index contributed by atoms with van der Waals surface area (Å²) >= 11 is 5.81. The molecular weight excluding hydrogens is 364 g/mol. The minimum absolute atomic E-state index is 0.0106. The van der Waals surface area contributed by atoms with Gasteiger partial charge in [0.05, 0.1) is 17.6 Å². The fourth-order valence-corrected chi connectivity index (χ4v) is 3.32. The number of halogens is 1. The zero-order valence-electron chi connectivity index (χ0n) is 13.9. The van der Waals surface area contributed by atoms with Crippen molar-refractivity contribution in [3.8, 4) is 5.75 Å². The van der Waals surface area contributed by atoms with Crippen LogP contribution in [0.3, 0.4) is 0 Å². The van der Waals surface area contributed by atoms with Gasteiger partial charge in [-0.2, -0.15) is 0 Å². The highest BCUT2D eigenvalue weighted by Gasteiger charge is 2.19. The highest BCUT2D eigenvalue weighted by atomic mass is 35.5. The Kier molecular flexibility index (Phi) is 6.41. The lowest BCUT2D eigenvalue weighted by atomic mass is 10.2. The van der Waals surface area contributed by atoms with Crippen LogP contribution in [0, 0.1) is 0 Å². The summed E-state index contributed by atoms with van der Waals surface area (Å²) in [7, 11) is -2.36. The molecular formula is C17H19ClN2O4S. The Labute approximate surface area is 152 Å². The molecule has 0 heterocycles. The summed E-state index contributed by atoms with van der Waals surface area (Å²) in [6, 6.07) is 11.0. The Morgan fingerprint density at radius 3 is 2.44 bits per heavy atom. The van der Waals surface area contributed by atoms with Crippen LogP contribution >= 0.6 is 11.6 Å². The topological polar surface area (TPSA) is 84.5 Å². The molecule has 0 aromatic heterocycles. The van der Waals surface area contributed by atoms with Gasteiger partial charge in [0.15, 0.2) is 0 Å². The molecule has 0 saturated heterocycles. The molecule has 0 spiro atoms. The first kappa shape index (κ1) is 19.2. The second-order valence-electron chi connectivity index (χ2n) is 5.17. The number of amides is 1. The zero-order valence-corrected chi connectivity index (χ0v) is 15.4. The highest BCUT2D eigenvalue weighted by molar-refractivity contribution is 7.89. The third-order valence-electron chi connectivity index (χ3n) is 3.44. The largest absolute Gasteiger partial charge is 0.496 e. The fourth-order valence-electron chi connectivity index (χ4n) is 2.15. The third kappa shape index (κ3) is 4.94. The number of hydrogen-bond donors (Lipinski definition) is 2. The monoisotopic (exact) mass is 382 g/mol. The molecule has 8 heteroatoms. The van der Waals surface area contributed by atoms with Gasteiger partial charge in [-0.25, -0.2) is 13.1 Å². The van der Waals surface area contributed by atoms with Crippen LogP contribution in [0.5, 0.6) is 5.75 Å². The molecule has 25 heavy (non-hydrogen) atoms. The molecule has 0 atom stereocenters. The van der Waals surface area contributed by atoms with Gasteiger partial charge >= 0.3 is 0 Å². The van der Waals surface area contributed by atoms with E-state index in [-0.39, 0.29) is 17.0 Å². The minimum atomic E-state index is -3.78. The van der Waals surface area contributed by atoms with E-state index in [0.29, 0.717) is 17.3 Å². The molecule has 2 aromatic rings. The van der Waals surface area contributed by atoms with Gasteiger partial charge in [-0.15, -0.1) is 0 Å². The third-order valence-corrected chi connectivity index (χ3v) is 5.09. The van der Waals surface area contributed by atoms with Gasteiger partial charge < -0.3 is 10.1 Å². The van der Waals surface area contributed by atoms with E-state index in [4.69, 9.17) is 16.3 Å². The lowest BCUT2D eigenvalue weighted by Gasteiger charge is -2.12. The molecule has 2 aromatic carbocycles. The van der Waals surface area contributed by atoms with Crippen molar-refractivity contribution >= 4 is 27.5 Å². The molecule has 134 valence electrons. The number of nitrogens with one attached hydrogen (secondary N) is 2. The average molecular weight is 383 g/mol. The van der Waals surface area contributed by atoms with Crippen LogP contribution in [-0.2, 0) is 16.6 Å². The molecule has 0 aliphatic heterocycles. The summed E-state index contributed by atoms with van der Waals surface area (Å²) in [5, 5.41) is 3.21. The maximum atomic E-state index is 12.5. The first-order valence-electron chi connectivity index (χ1n) is 7.57. The molecule has 1 amide bonds. The summed E-state index contributed by atoms with van der Waals surface area (Å²) in [4.78, 5) is 12.1. The number of rotatable bonds is 7. The second kappa shape index (κ2) is 8.33. The fraction of sp³-hybridized carbons (Fsp3) is 0.235. The van der Waals surface area contributed by atoms with Crippen LogP contribution in [0.2, 0.25) is 5.02 Å². The van der Waals surface area contributed by atoms with Gasteiger partial charge in [-0.3, -0.25) is 4.79 Å². The van der Waals surface area contributed by atoms with Crippen molar-refractivity contribution in [1.82, 2.24) is 10.0 Å². The number of sulfonamides is 1. The smallest absolute Gasteiger partial charge is 0.255 e. The normalized spacial score (nSPS) is 11.2. The second-order valence-corrected chi connectivity index (χ2v) is 7.38. The first-order valence-corrected chi connectivity index (χ1v) is 9.44. The van der Waals surface area contributed by atoms with Crippen molar-refractivity contribution in [2.45, 2.75) is 18.4 Å². The number of carbonyl (C=O) groups excluding carboxylic acids is 1. The van der Waals surface area contributed by atoms with Gasteiger partial charge in [-0.1, -0.05) is 23.7 Å². The summed E-state index contributed by atoms with van der Waals surface area (Å²) in [6.45, 7) is 2.31. The van der Waals surface area contributed by atoms with Gasteiger partial charge in [0, 0.05) is 18.1 Å². The van der Waals surface area contributed by atoms with E-state index in [1.807, 2.05) is 0 Å². The van der Waals surface area contributed by atoms with Crippen LogP contribution in [0.25, 0.3) is 0 Å². The average Bonchev–Trinajstić information content (AvgIpc) is 2.61. The number of benzene rings is 2. The summed E-state index contributed by atoms with van der Waals surface area (Å²) in [5.41, 5.74) is 0.934. The first-order chi connectivity index (χ1) is 11.9. The molecule has 2 rings (SSSR count). The Bertz CT molecular complexity index is 851. The minimum Gasteiger partial charge on any atom is -0.496 e. The molecule has 2 N–H and O–H groups in total. The maximum Gasteiger partial charge on any atom is 0.255 e. The van der Waals surface area contributed by atoms with E-state index in [1.165, 1.54) is 25.3 Å². The Balaban J connectivity index is 2.24. The number of hydrogen-bond acceptors (Lipinski definition) is 4. The molecule has 6 nitrogen and oxygen atoms in total. The van der Waals surface area contributed by atoms with Gasteiger partial charge in [0.25, 0.3) is 5.91 Å². The Hall–Kier alpha value is -2.09. The van der Waals surface area contributed by atoms with Crippen LogP contribution < -0.4 is 14.8 Å². The van der Waals surface area contributed by atoms with E-state index in [9.17, 15) is 13.2 Å². The standard InChI is InChI=1S/C17H19ClN2O4S/c1-3-19-17(21)15-10-14(8-9-16(15)24-2)25(22,23)20-11-12-4-6-13(18)7-5-12/h4-10,20H,3,11H2,1-2H3,(H,19,21). The highest BCUT2D eigenvalue weighted by Crippen LogP contribution is 2.22. The van der Waals surface area contributed by atoms with Crippen molar-refractivity contribution in [3.05, 3.63) is 58.6 Å². The molecule has 0 fully saturated rings. The van der Waals surface area contributed by atoms with Gasteiger partial charge in [0.1, 0.15) is 5.75 Å². The van der Waals surface area contributed by atoms with E-state index in [1.54, 1.807) is 31.2 Å². The number of ether oxygens (including phenoxy) is 1. The molecule has 0 saturated carbocycles. The van der Waals surface area contributed by atoms with E-state index >= 15 is 0 Å². The quantitative estimate of drug-likeness (QED) is 0.770. The van der Waals surface area contributed by atoms with Gasteiger partial charge in [-0.05, 0) is 42.8 Å². The molecule has 0 aliphatic rings. The predicted octanol–water partition coefficient (Wildman–Crippen LogP) is 2.58. The number of carbonyl (C=O) groups is 1. The van der Waals surface area contributed by atoms with E-state index in [2.05, 4.69) is 10.0 Å². The van der Waals surface area contributed by atoms with E-state index in [0.717, 1.165) is 5.56 Å². The predicted molar refractivity (Wildman–Crippen MR) is 96.5 cm³/mol. The van der Waals surface area contributed by atoms with Crippen molar-refractivity contribution in [1.29, 1.82) is 0 Å². The summed E-state index contributed by atoms with van der Waals surface area (Å²) in [6.07, 6.45) is 0. The Morgan fingerprint density at radius 2 is 1.84 bits per heavy atom. The van der Waals surface area contributed by atoms with Crippen LogP contribution in [-0.4, -0.2) is 28.0 Å². The van der Waals surface area contributed by atoms with Gasteiger partial charge in [0.2, 0.25) is 10.0 Å². The van der Waals surface area contributed by atoms with Crippen molar-refractivity contribution < 1.29 is 17.9 Å². The molecule has 0 radical (unpaired) electrons. The number of methoxy groups -OCH3 is 1. The molecule has 0 aliphatic carbocycles. The van der Waals surface area contributed by atoms with Crippen LogP contribution in [0.1, 0.15) is 22.8 Å². The molecule has 0 bridgehead atoms. The lowest BCUT2D eigenvalue weighted by molar-refractivity contribution is 0.0952. The van der Waals surface area contributed by atoms with Crippen LogP contribution in [0.15, 0.2) is 47.4 Å². The maximum absolute atomic E-state index is 12.5. The lowest BCUT2D eigenvalue weighted by Crippen LogP contribution is -2.26. The summed E-state index contributed by atoms with van der Waals surface area (Å²) in [5.74, 6) is -0.0864.